The molecule has 1 heterocycles. The number of sulfonamides is 1. The van der Waals surface area contributed by atoms with Crippen LogP contribution in [0.5, 0.6) is 0 Å². The van der Waals surface area contributed by atoms with Crippen LogP contribution in [-0.2, 0) is 24.7 Å². The quantitative estimate of drug-likeness (QED) is 0.793. The summed E-state index contributed by atoms with van der Waals surface area (Å²) in [5, 5.41) is 0. The summed E-state index contributed by atoms with van der Waals surface area (Å²) in [5.74, 6) is 0.0308. The van der Waals surface area contributed by atoms with Crippen molar-refractivity contribution in [2.75, 3.05) is 25.9 Å². The highest BCUT2D eigenvalue weighted by atomic mass is 32.2. The maximum absolute atomic E-state index is 12.4. The molecular formula is C15H22N2O5S2. The zero-order chi connectivity index (χ0) is 17.8. The van der Waals surface area contributed by atoms with Crippen LogP contribution in [0.2, 0.25) is 0 Å². The van der Waals surface area contributed by atoms with Gasteiger partial charge in [-0.1, -0.05) is 18.6 Å². The van der Waals surface area contributed by atoms with Crippen molar-refractivity contribution in [3.8, 4) is 0 Å². The van der Waals surface area contributed by atoms with Crippen molar-refractivity contribution in [2.45, 2.75) is 35.5 Å². The lowest BCUT2D eigenvalue weighted by Crippen LogP contribution is -2.38. The number of rotatable bonds is 6. The third kappa shape index (κ3) is 4.78. The molecule has 0 atom stereocenters. The van der Waals surface area contributed by atoms with E-state index < -0.39 is 19.9 Å². The van der Waals surface area contributed by atoms with Crippen LogP contribution in [0.25, 0.3) is 0 Å². The average molecular weight is 374 g/mol. The number of carbonyl (C=O) groups is 1. The Morgan fingerprint density at radius 3 is 2.38 bits per heavy atom. The second kappa shape index (κ2) is 7.62. The molecule has 0 saturated carbocycles. The third-order valence-corrected chi connectivity index (χ3v) is 6.69. The Morgan fingerprint density at radius 1 is 1.04 bits per heavy atom. The molecule has 9 heteroatoms. The molecule has 1 aromatic rings. The predicted octanol–water partition coefficient (Wildman–Crippen LogP) is 0.771. The van der Waals surface area contributed by atoms with Gasteiger partial charge in [0.1, 0.15) is 4.90 Å². The number of likely N-dealkylation sites (tertiary alicyclic amines) is 1. The fraction of sp³-hybridized carbons (Fsp3) is 0.533. The summed E-state index contributed by atoms with van der Waals surface area (Å²) in [4.78, 5) is 13.0. The molecule has 7 nitrogen and oxygen atoms in total. The van der Waals surface area contributed by atoms with Crippen molar-refractivity contribution >= 4 is 25.8 Å². The van der Waals surface area contributed by atoms with E-state index in [9.17, 15) is 21.6 Å². The number of carbonyl (C=O) groups excluding carboxylic acids is 1. The fourth-order valence-corrected chi connectivity index (χ4v) is 5.29. The maximum Gasteiger partial charge on any atom is 0.241 e. The first-order chi connectivity index (χ1) is 11.2. The van der Waals surface area contributed by atoms with E-state index in [1.807, 2.05) is 0 Å². The normalized spacial score (nSPS) is 16.9. The molecule has 1 aliphatic rings. The van der Waals surface area contributed by atoms with E-state index in [0.717, 1.165) is 25.5 Å². The van der Waals surface area contributed by atoms with Crippen molar-refractivity contribution in [2.24, 2.45) is 0 Å². The highest BCUT2D eigenvalue weighted by Gasteiger charge is 2.24. The van der Waals surface area contributed by atoms with Crippen LogP contribution >= 0.6 is 0 Å². The van der Waals surface area contributed by atoms with Crippen molar-refractivity contribution in [1.82, 2.24) is 9.62 Å². The van der Waals surface area contributed by atoms with Crippen LogP contribution in [0.3, 0.4) is 0 Å². The van der Waals surface area contributed by atoms with Crippen molar-refractivity contribution in [3.05, 3.63) is 24.3 Å². The second-order valence-electron chi connectivity index (χ2n) is 5.81. The topological polar surface area (TPSA) is 101 Å². The molecule has 0 radical (unpaired) electrons. The Labute approximate surface area is 143 Å². The molecule has 0 aliphatic carbocycles. The first-order valence-electron chi connectivity index (χ1n) is 7.78. The molecule has 134 valence electrons. The van der Waals surface area contributed by atoms with E-state index in [1.165, 1.54) is 24.3 Å². The van der Waals surface area contributed by atoms with E-state index in [4.69, 9.17) is 0 Å². The summed E-state index contributed by atoms with van der Waals surface area (Å²) in [6.07, 6.45) is 4.23. The Kier molecular flexibility index (Phi) is 6.00. The number of hydrogen-bond acceptors (Lipinski definition) is 5. The van der Waals surface area contributed by atoms with Gasteiger partial charge in [-0.2, -0.15) is 0 Å². The Hall–Kier alpha value is -1.45. The van der Waals surface area contributed by atoms with Crippen LogP contribution in [0, 0.1) is 0 Å². The molecule has 2 rings (SSSR count). The van der Waals surface area contributed by atoms with Gasteiger partial charge in [-0.25, -0.2) is 21.6 Å². The summed E-state index contributed by atoms with van der Waals surface area (Å²) in [6.45, 7) is 0.950. The minimum atomic E-state index is -3.97. The molecule has 1 aromatic carbocycles. The molecule has 1 N–H and O–H groups in total. The fourth-order valence-electron chi connectivity index (χ4n) is 2.65. The van der Waals surface area contributed by atoms with Gasteiger partial charge >= 0.3 is 0 Å². The molecule has 24 heavy (non-hydrogen) atoms. The van der Waals surface area contributed by atoms with Crippen molar-refractivity contribution < 1.29 is 21.6 Å². The van der Waals surface area contributed by atoms with Gasteiger partial charge in [0.2, 0.25) is 15.9 Å². The lowest BCUT2D eigenvalue weighted by molar-refractivity contribution is -0.130. The first-order valence-corrected chi connectivity index (χ1v) is 11.2. The second-order valence-corrected chi connectivity index (χ2v) is 9.53. The molecule has 0 bridgehead atoms. The average Bonchev–Trinajstić information content (AvgIpc) is 2.71. The highest BCUT2D eigenvalue weighted by Crippen LogP contribution is 2.20. The lowest BCUT2D eigenvalue weighted by atomic mass is 10.2. The lowest BCUT2D eigenvalue weighted by Gasteiger charge is -2.20. The molecule has 0 aromatic heterocycles. The van der Waals surface area contributed by atoms with Gasteiger partial charge in [0.15, 0.2) is 9.84 Å². The number of benzene rings is 1. The monoisotopic (exact) mass is 374 g/mol. The number of sulfone groups is 1. The molecule has 0 unspecified atom stereocenters. The minimum Gasteiger partial charge on any atom is -0.341 e. The molecule has 1 saturated heterocycles. The van der Waals surface area contributed by atoms with Crippen LogP contribution in [0.4, 0.5) is 0 Å². The maximum atomic E-state index is 12.4. The van der Waals surface area contributed by atoms with Gasteiger partial charge in [0, 0.05) is 32.3 Å². The SMILES string of the molecule is CS(=O)(=O)c1ccccc1S(=O)(=O)NCCN1CCCCCC1=O. The van der Waals surface area contributed by atoms with Gasteiger partial charge in [-0.15, -0.1) is 0 Å². The van der Waals surface area contributed by atoms with E-state index in [1.54, 1.807) is 4.90 Å². The molecule has 1 aliphatic heterocycles. The van der Waals surface area contributed by atoms with Gasteiger partial charge in [-0.3, -0.25) is 4.79 Å². The first kappa shape index (κ1) is 18.9. The molecule has 0 spiro atoms. The number of hydrogen-bond donors (Lipinski definition) is 1. The highest BCUT2D eigenvalue weighted by molar-refractivity contribution is 7.93. The van der Waals surface area contributed by atoms with Crippen molar-refractivity contribution in [1.29, 1.82) is 0 Å². The van der Waals surface area contributed by atoms with E-state index in [2.05, 4.69) is 4.72 Å². The third-order valence-electron chi connectivity index (χ3n) is 3.88. The zero-order valence-electron chi connectivity index (χ0n) is 13.6. The number of nitrogens with one attached hydrogen (secondary N) is 1. The summed E-state index contributed by atoms with van der Waals surface area (Å²) in [7, 11) is -7.63. The summed E-state index contributed by atoms with van der Waals surface area (Å²) >= 11 is 0. The summed E-state index contributed by atoms with van der Waals surface area (Å²) in [5.41, 5.74) is 0. The van der Waals surface area contributed by atoms with Crippen LogP contribution in [-0.4, -0.2) is 53.5 Å². The van der Waals surface area contributed by atoms with E-state index >= 15 is 0 Å². The molecular weight excluding hydrogens is 352 g/mol. The standard InChI is InChI=1S/C15H22N2O5S2/c1-23(19,20)13-7-4-5-8-14(13)24(21,22)16-10-12-17-11-6-2-3-9-15(17)18/h4-5,7-8,16H,2-3,6,9-12H2,1H3. The van der Waals surface area contributed by atoms with Crippen LogP contribution in [0.15, 0.2) is 34.1 Å². The van der Waals surface area contributed by atoms with Crippen molar-refractivity contribution in [3.63, 3.8) is 0 Å². The predicted molar refractivity (Wildman–Crippen MR) is 89.8 cm³/mol. The molecule has 1 amide bonds. The number of amides is 1. The van der Waals surface area contributed by atoms with Gasteiger partial charge in [0.25, 0.3) is 0 Å². The summed E-state index contributed by atoms with van der Waals surface area (Å²) < 4.78 is 50.7. The Morgan fingerprint density at radius 2 is 1.71 bits per heavy atom. The van der Waals surface area contributed by atoms with E-state index in [-0.39, 0.29) is 28.8 Å². The van der Waals surface area contributed by atoms with Gasteiger partial charge < -0.3 is 4.90 Å². The van der Waals surface area contributed by atoms with Crippen LogP contribution < -0.4 is 4.72 Å². The largest absolute Gasteiger partial charge is 0.341 e. The zero-order valence-corrected chi connectivity index (χ0v) is 15.2. The Bertz CT molecular complexity index is 803. The Balaban J connectivity index is 2.08. The van der Waals surface area contributed by atoms with Gasteiger partial charge in [-0.05, 0) is 25.0 Å². The van der Waals surface area contributed by atoms with E-state index in [0.29, 0.717) is 13.0 Å². The minimum absolute atomic E-state index is 0.0308. The smallest absolute Gasteiger partial charge is 0.241 e. The van der Waals surface area contributed by atoms with Gasteiger partial charge in [0.05, 0.1) is 4.90 Å². The van der Waals surface area contributed by atoms with Crippen LogP contribution in [0.1, 0.15) is 25.7 Å². The summed E-state index contributed by atoms with van der Waals surface area (Å²) in [6, 6.07) is 5.48. The number of nitrogens with zero attached hydrogens (tertiary/aromatic N) is 1. The molecule has 1 fully saturated rings.